The number of nitroso groups, excluding NO2 is 1. The second-order valence-electron chi connectivity index (χ2n) is 5.92. The molecule has 0 amide bonds. The average Bonchev–Trinajstić information content (AvgIpc) is 3.09. The zero-order valence-electron chi connectivity index (χ0n) is 14.7. The number of tetrazole rings is 1. The van der Waals surface area contributed by atoms with Crippen LogP contribution in [0.25, 0.3) is 0 Å². The lowest BCUT2D eigenvalue weighted by atomic mass is 10.2. The summed E-state index contributed by atoms with van der Waals surface area (Å²) in [5, 5.41) is 23.3. The molecule has 2 aromatic rings. The van der Waals surface area contributed by atoms with Crippen molar-refractivity contribution in [2.45, 2.75) is 42.1 Å². The lowest BCUT2D eigenvalue weighted by molar-refractivity contribution is -0.428. The van der Waals surface area contributed by atoms with E-state index in [0.29, 0.717) is 34.6 Å². The summed E-state index contributed by atoms with van der Waals surface area (Å²) >= 11 is 1.08. The number of hydrogen-bond acceptors (Lipinski definition) is 9. The molecule has 1 saturated heterocycles. The third kappa shape index (κ3) is 5.08. The summed E-state index contributed by atoms with van der Waals surface area (Å²) in [5.74, 6) is -1.38. The van der Waals surface area contributed by atoms with Gasteiger partial charge in [0.25, 0.3) is 5.69 Å². The first kappa shape index (κ1) is 19.4. The summed E-state index contributed by atoms with van der Waals surface area (Å²) in [6, 6.07) is 4.33. The van der Waals surface area contributed by atoms with Crippen LogP contribution in [0, 0.1) is 4.91 Å². The lowest BCUT2D eigenvalue weighted by Crippen LogP contribution is -2.24. The first-order chi connectivity index (χ1) is 13.0. The Balaban J connectivity index is 1.67. The van der Waals surface area contributed by atoms with E-state index in [9.17, 15) is 14.8 Å². The zero-order valence-corrected chi connectivity index (χ0v) is 15.6. The summed E-state index contributed by atoms with van der Waals surface area (Å²) in [6.07, 6.45) is 2.80. The van der Waals surface area contributed by atoms with Crippen molar-refractivity contribution in [3.8, 4) is 0 Å². The lowest BCUT2D eigenvalue weighted by Gasteiger charge is -2.22. The molecule has 1 aromatic carbocycles. The van der Waals surface area contributed by atoms with Crippen LogP contribution in [0.1, 0.15) is 29.6 Å². The summed E-state index contributed by atoms with van der Waals surface area (Å²) in [5.41, 5.74) is 0.126. The van der Waals surface area contributed by atoms with Crippen molar-refractivity contribution >= 4 is 23.4 Å². The van der Waals surface area contributed by atoms with Gasteiger partial charge in [0.1, 0.15) is 0 Å². The first-order valence-corrected chi connectivity index (χ1v) is 9.29. The molecule has 1 aliphatic heterocycles. The SMILES string of the molecule is C[N+](=O)c1ccc(Sc2nnnn2CCOC2CCCCO2)c(C(=O)[O-])c1. The van der Waals surface area contributed by atoms with Gasteiger partial charge in [-0.15, -0.1) is 5.10 Å². The fraction of sp³-hybridized carbons (Fsp3) is 0.500. The Bertz CT molecular complexity index is 821. The number of nitrogens with zero attached hydrogens (tertiary/aromatic N) is 5. The summed E-state index contributed by atoms with van der Waals surface area (Å²) in [4.78, 5) is 23.2. The number of ether oxygens (including phenoxy) is 2. The fourth-order valence-electron chi connectivity index (χ4n) is 2.58. The molecule has 0 N–H and O–H groups in total. The largest absolute Gasteiger partial charge is 0.545 e. The van der Waals surface area contributed by atoms with Crippen LogP contribution in [0.3, 0.4) is 0 Å². The molecular formula is C16H19N5O5S. The van der Waals surface area contributed by atoms with Crippen LogP contribution in [0.4, 0.5) is 5.69 Å². The maximum Gasteiger partial charge on any atom is 0.256 e. The van der Waals surface area contributed by atoms with Gasteiger partial charge in [-0.05, 0) is 47.5 Å². The van der Waals surface area contributed by atoms with E-state index in [4.69, 9.17) is 9.47 Å². The van der Waals surface area contributed by atoms with Crippen LogP contribution in [-0.2, 0) is 16.0 Å². The van der Waals surface area contributed by atoms with Crippen LogP contribution >= 0.6 is 11.8 Å². The molecule has 1 aromatic heterocycles. The van der Waals surface area contributed by atoms with Crippen molar-refractivity contribution in [1.29, 1.82) is 0 Å². The van der Waals surface area contributed by atoms with E-state index in [0.717, 1.165) is 31.0 Å². The average molecular weight is 393 g/mol. The molecule has 1 atom stereocenters. The molecule has 1 fully saturated rings. The van der Waals surface area contributed by atoms with Gasteiger partial charge in [0, 0.05) is 38.9 Å². The topological polar surface area (TPSA) is 122 Å². The van der Waals surface area contributed by atoms with Crippen molar-refractivity contribution in [2.75, 3.05) is 20.3 Å². The number of carbonyl (C=O) groups excluding carboxylic acids is 1. The normalized spacial score (nSPS) is 17.0. The highest BCUT2D eigenvalue weighted by molar-refractivity contribution is 7.99. The van der Waals surface area contributed by atoms with Crippen LogP contribution in [0.5, 0.6) is 0 Å². The fourth-order valence-corrected chi connectivity index (χ4v) is 3.48. The highest BCUT2D eigenvalue weighted by Gasteiger charge is 2.17. The Morgan fingerprint density at radius 1 is 1.48 bits per heavy atom. The second-order valence-corrected chi connectivity index (χ2v) is 6.93. The molecule has 144 valence electrons. The van der Waals surface area contributed by atoms with Crippen LogP contribution in [0.2, 0.25) is 0 Å². The third-order valence-electron chi connectivity index (χ3n) is 3.99. The molecule has 0 spiro atoms. The van der Waals surface area contributed by atoms with Gasteiger partial charge >= 0.3 is 0 Å². The molecule has 11 heteroatoms. The zero-order chi connectivity index (χ0) is 19.2. The molecule has 0 bridgehead atoms. The molecular weight excluding hydrogens is 374 g/mol. The van der Waals surface area contributed by atoms with Crippen molar-refractivity contribution < 1.29 is 24.1 Å². The number of carbonyl (C=O) groups is 1. The molecule has 27 heavy (non-hydrogen) atoms. The molecule has 10 nitrogen and oxygen atoms in total. The number of benzene rings is 1. The number of carboxylic acid groups (broad SMARTS) is 1. The van der Waals surface area contributed by atoms with E-state index in [1.807, 2.05) is 0 Å². The van der Waals surface area contributed by atoms with E-state index in [-0.39, 0.29) is 17.5 Å². The molecule has 2 heterocycles. The summed E-state index contributed by atoms with van der Waals surface area (Å²) < 4.78 is 13.3. The Hall–Kier alpha value is -2.37. The Kier molecular flexibility index (Phi) is 6.48. The van der Waals surface area contributed by atoms with E-state index >= 15 is 0 Å². The summed E-state index contributed by atoms with van der Waals surface area (Å²) in [7, 11) is 1.29. The smallest absolute Gasteiger partial charge is 0.256 e. The Morgan fingerprint density at radius 2 is 2.33 bits per heavy atom. The molecule has 0 radical (unpaired) electrons. The van der Waals surface area contributed by atoms with Crippen LogP contribution in [-0.4, -0.2) is 57.5 Å². The van der Waals surface area contributed by atoms with E-state index in [2.05, 4.69) is 15.5 Å². The predicted octanol–water partition coefficient (Wildman–Crippen LogP) is 0.771. The summed E-state index contributed by atoms with van der Waals surface area (Å²) in [6.45, 7) is 1.48. The first-order valence-electron chi connectivity index (χ1n) is 8.48. The minimum atomic E-state index is -1.38. The number of rotatable bonds is 8. The minimum Gasteiger partial charge on any atom is -0.545 e. The monoisotopic (exact) mass is 393 g/mol. The van der Waals surface area contributed by atoms with Gasteiger partial charge in [-0.2, -0.15) is 0 Å². The number of hydrogen-bond donors (Lipinski definition) is 0. The van der Waals surface area contributed by atoms with Gasteiger partial charge in [0.05, 0.1) is 19.1 Å². The Labute approximate surface area is 159 Å². The highest BCUT2D eigenvalue weighted by atomic mass is 32.2. The standard InChI is InChI=1S/C16H19N5O5S/c1-20(24)11-5-6-13(12(10-11)15(22)23)27-16-17-18-19-21(16)7-9-26-14-4-2-3-8-25-14/h5-6,10,14H,2-4,7-9H2,1H3. The van der Waals surface area contributed by atoms with E-state index in [1.54, 1.807) is 0 Å². The predicted molar refractivity (Wildman–Crippen MR) is 91.5 cm³/mol. The van der Waals surface area contributed by atoms with Crippen molar-refractivity contribution in [3.63, 3.8) is 0 Å². The van der Waals surface area contributed by atoms with Crippen LogP contribution in [0.15, 0.2) is 28.3 Å². The van der Waals surface area contributed by atoms with E-state index < -0.39 is 5.97 Å². The van der Waals surface area contributed by atoms with Crippen molar-refractivity contribution in [1.82, 2.24) is 20.2 Å². The maximum atomic E-state index is 11.4. The van der Waals surface area contributed by atoms with Gasteiger partial charge in [-0.1, -0.05) is 0 Å². The highest BCUT2D eigenvalue weighted by Crippen LogP contribution is 2.30. The maximum absolute atomic E-state index is 11.4. The van der Waals surface area contributed by atoms with Gasteiger partial charge in [-0.25, -0.2) is 4.68 Å². The van der Waals surface area contributed by atoms with Gasteiger partial charge in [0.15, 0.2) is 13.3 Å². The molecule has 1 unspecified atom stereocenters. The Morgan fingerprint density at radius 3 is 3.04 bits per heavy atom. The van der Waals surface area contributed by atoms with E-state index in [1.165, 1.54) is 29.9 Å². The van der Waals surface area contributed by atoms with Crippen LogP contribution < -0.4 is 5.11 Å². The molecule has 3 rings (SSSR count). The number of aromatic carboxylic acids is 1. The third-order valence-corrected chi connectivity index (χ3v) is 5.04. The van der Waals surface area contributed by atoms with Gasteiger partial charge in [-0.3, -0.25) is 0 Å². The second kappa shape index (κ2) is 9.02. The quantitative estimate of drug-likeness (QED) is 0.598. The number of carboxylic acids is 1. The van der Waals surface area contributed by atoms with Crippen molar-refractivity contribution in [3.05, 3.63) is 28.7 Å². The molecule has 0 saturated carbocycles. The van der Waals surface area contributed by atoms with Gasteiger partial charge < -0.3 is 19.4 Å². The van der Waals surface area contributed by atoms with Gasteiger partial charge in [0.2, 0.25) is 5.16 Å². The minimum absolute atomic E-state index is 0.0957. The van der Waals surface area contributed by atoms with Crippen molar-refractivity contribution in [2.24, 2.45) is 0 Å². The molecule has 1 aliphatic rings. The number of aromatic nitrogens is 4. The molecule has 0 aliphatic carbocycles.